The third-order valence-corrected chi connectivity index (χ3v) is 5.15. The zero-order chi connectivity index (χ0) is 22.5. The number of carboxylic acid groups (broad SMARTS) is 1. The van der Waals surface area contributed by atoms with Crippen molar-refractivity contribution in [2.75, 3.05) is 17.2 Å². The lowest BCUT2D eigenvalue weighted by Gasteiger charge is -2.13. The number of urea groups is 1. The SMILES string of the molecule is NC(=O)c1c(NC(=O)Nc2ccc(Cl)cc2)sc2c1CCNC2.O=C(O)C(F)(F)F. The molecule has 0 aliphatic carbocycles. The minimum atomic E-state index is -5.08. The maximum atomic E-state index is 12.1. The first kappa shape index (κ1) is 23.4. The molecule has 2 heterocycles. The number of thiophene rings is 1. The summed E-state index contributed by atoms with van der Waals surface area (Å²) >= 11 is 7.18. The van der Waals surface area contributed by atoms with E-state index in [1.807, 2.05) is 0 Å². The average Bonchev–Trinajstić information content (AvgIpc) is 3.01. The molecule has 0 spiro atoms. The highest BCUT2D eigenvalue weighted by atomic mass is 35.5. The van der Waals surface area contributed by atoms with Gasteiger partial charge in [0.05, 0.1) is 5.56 Å². The summed E-state index contributed by atoms with van der Waals surface area (Å²) in [5.74, 6) is -3.28. The van der Waals surface area contributed by atoms with Crippen LogP contribution in [0.25, 0.3) is 0 Å². The van der Waals surface area contributed by atoms with Crippen LogP contribution in [-0.4, -0.2) is 35.7 Å². The molecule has 162 valence electrons. The van der Waals surface area contributed by atoms with Crippen molar-refractivity contribution in [1.82, 2.24) is 5.32 Å². The molecular weight excluding hydrogens is 449 g/mol. The van der Waals surface area contributed by atoms with Crippen molar-refractivity contribution in [3.8, 4) is 0 Å². The van der Waals surface area contributed by atoms with Gasteiger partial charge >= 0.3 is 18.2 Å². The first-order valence-corrected chi connectivity index (χ1v) is 9.47. The van der Waals surface area contributed by atoms with E-state index in [0.29, 0.717) is 27.8 Å². The number of primary amides is 1. The largest absolute Gasteiger partial charge is 0.490 e. The Morgan fingerprint density at radius 2 is 1.77 bits per heavy atom. The van der Waals surface area contributed by atoms with Gasteiger partial charge in [0, 0.05) is 22.1 Å². The monoisotopic (exact) mass is 464 g/mol. The maximum Gasteiger partial charge on any atom is 0.490 e. The number of rotatable bonds is 3. The van der Waals surface area contributed by atoms with Gasteiger partial charge in [-0.1, -0.05) is 11.6 Å². The molecule has 3 amide bonds. The van der Waals surface area contributed by atoms with Crippen LogP contribution in [0.5, 0.6) is 0 Å². The van der Waals surface area contributed by atoms with E-state index in [0.717, 1.165) is 23.4 Å². The Bertz CT molecular complexity index is 948. The Kier molecular flexibility index (Phi) is 7.65. The molecule has 1 aliphatic rings. The number of anilines is 2. The lowest BCUT2D eigenvalue weighted by Crippen LogP contribution is -2.25. The lowest BCUT2D eigenvalue weighted by molar-refractivity contribution is -0.192. The van der Waals surface area contributed by atoms with E-state index in [2.05, 4.69) is 16.0 Å². The van der Waals surface area contributed by atoms with Gasteiger partial charge in [-0.2, -0.15) is 13.2 Å². The van der Waals surface area contributed by atoms with Crippen molar-refractivity contribution in [1.29, 1.82) is 0 Å². The molecule has 6 N–H and O–H groups in total. The van der Waals surface area contributed by atoms with E-state index in [-0.39, 0.29) is 0 Å². The topological polar surface area (TPSA) is 134 Å². The number of hydrogen-bond acceptors (Lipinski definition) is 5. The zero-order valence-electron chi connectivity index (χ0n) is 15.1. The Morgan fingerprint density at radius 3 is 2.30 bits per heavy atom. The van der Waals surface area contributed by atoms with Gasteiger partial charge < -0.3 is 21.5 Å². The normalized spacial score (nSPS) is 12.8. The smallest absolute Gasteiger partial charge is 0.475 e. The van der Waals surface area contributed by atoms with Gasteiger partial charge in [0.25, 0.3) is 5.91 Å². The number of carbonyl (C=O) groups excluding carboxylic acids is 2. The Hall–Kier alpha value is -2.83. The summed E-state index contributed by atoms with van der Waals surface area (Å²) in [5, 5.41) is 16.8. The predicted octanol–water partition coefficient (Wildman–Crippen LogP) is 3.42. The van der Waals surface area contributed by atoms with Crippen LogP contribution < -0.4 is 21.7 Å². The van der Waals surface area contributed by atoms with Crippen molar-refractivity contribution in [3.05, 3.63) is 45.3 Å². The van der Waals surface area contributed by atoms with Crippen molar-refractivity contribution in [2.24, 2.45) is 5.73 Å². The number of fused-ring (bicyclic) bond motifs is 1. The van der Waals surface area contributed by atoms with Crippen LogP contribution in [0, 0.1) is 0 Å². The van der Waals surface area contributed by atoms with Gasteiger partial charge in [0.15, 0.2) is 0 Å². The van der Waals surface area contributed by atoms with Crippen molar-refractivity contribution in [2.45, 2.75) is 19.1 Å². The van der Waals surface area contributed by atoms with Gasteiger partial charge in [0.1, 0.15) is 5.00 Å². The highest BCUT2D eigenvalue weighted by Gasteiger charge is 2.38. The molecule has 0 atom stereocenters. The highest BCUT2D eigenvalue weighted by molar-refractivity contribution is 7.17. The molecule has 1 aromatic heterocycles. The number of carbonyl (C=O) groups is 3. The van der Waals surface area contributed by atoms with Gasteiger partial charge in [-0.05, 0) is 42.8 Å². The van der Waals surface area contributed by atoms with Crippen LogP contribution in [0.15, 0.2) is 24.3 Å². The molecular formula is C17H16ClF3N4O4S. The van der Waals surface area contributed by atoms with Gasteiger partial charge in [-0.3, -0.25) is 10.1 Å². The summed E-state index contributed by atoms with van der Waals surface area (Å²) in [4.78, 5) is 33.8. The molecule has 0 saturated carbocycles. The second-order valence-corrected chi connectivity index (χ2v) is 7.43. The van der Waals surface area contributed by atoms with E-state index in [1.165, 1.54) is 11.3 Å². The lowest BCUT2D eigenvalue weighted by atomic mass is 10.0. The predicted molar refractivity (Wildman–Crippen MR) is 106 cm³/mol. The number of amides is 3. The third kappa shape index (κ3) is 6.34. The molecule has 0 unspecified atom stereocenters. The number of carboxylic acids is 1. The van der Waals surface area contributed by atoms with Gasteiger partial charge in [-0.15, -0.1) is 11.3 Å². The molecule has 0 saturated heterocycles. The molecule has 1 aliphatic heterocycles. The molecule has 30 heavy (non-hydrogen) atoms. The molecule has 0 fully saturated rings. The summed E-state index contributed by atoms with van der Waals surface area (Å²) < 4.78 is 31.7. The minimum absolute atomic E-state index is 0.415. The van der Waals surface area contributed by atoms with E-state index in [9.17, 15) is 22.8 Å². The number of benzene rings is 1. The average molecular weight is 465 g/mol. The Morgan fingerprint density at radius 1 is 1.17 bits per heavy atom. The second kappa shape index (κ2) is 9.78. The van der Waals surface area contributed by atoms with Gasteiger partial charge in [0.2, 0.25) is 0 Å². The number of aliphatic carboxylic acids is 1. The highest BCUT2D eigenvalue weighted by Crippen LogP contribution is 2.35. The van der Waals surface area contributed by atoms with Crippen LogP contribution in [0.2, 0.25) is 5.02 Å². The number of alkyl halides is 3. The molecule has 0 bridgehead atoms. The quantitative estimate of drug-likeness (QED) is 0.474. The standard InChI is InChI=1S/C15H15ClN4O2S.C2HF3O2/c16-8-1-3-9(4-2-8)19-15(22)20-14-12(13(17)21)10-5-6-18-7-11(10)23-14;3-2(4,5)1(6)7/h1-4,18H,5-7H2,(H2,17,21)(H2,19,20,22);(H,6,7). The first-order valence-electron chi connectivity index (χ1n) is 8.27. The molecule has 3 rings (SSSR count). The van der Waals surface area contributed by atoms with Crippen LogP contribution in [0.4, 0.5) is 28.7 Å². The molecule has 1 aromatic carbocycles. The third-order valence-electron chi connectivity index (χ3n) is 3.75. The summed E-state index contributed by atoms with van der Waals surface area (Å²) in [6.07, 6.45) is -4.36. The second-order valence-electron chi connectivity index (χ2n) is 5.89. The molecule has 13 heteroatoms. The fourth-order valence-electron chi connectivity index (χ4n) is 2.48. The van der Waals surface area contributed by atoms with Gasteiger partial charge in [-0.25, -0.2) is 9.59 Å². The maximum absolute atomic E-state index is 12.1. The zero-order valence-corrected chi connectivity index (χ0v) is 16.7. The fraction of sp³-hybridized carbons (Fsp3) is 0.235. The van der Waals surface area contributed by atoms with Crippen molar-refractivity contribution < 1.29 is 32.7 Å². The van der Waals surface area contributed by atoms with E-state index in [1.54, 1.807) is 24.3 Å². The number of hydrogen-bond donors (Lipinski definition) is 5. The number of nitrogens with two attached hydrogens (primary N) is 1. The number of halogens is 4. The van der Waals surface area contributed by atoms with E-state index < -0.39 is 24.1 Å². The molecule has 8 nitrogen and oxygen atoms in total. The number of nitrogens with one attached hydrogen (secondary N) is 3. The Labute approximate surface area is 177 Å². The fourth-order valence-corrected chi connectivity index (χ4v) is 3.83. The molecule has 0 radical (unpaired) electrons. The molecule has 2 aromatic rings. The van der Waals surface area contributed by atoms with E-state index >= 15 is 0 Å². The van der Waals surface area contributed by atoms with Crippen LogP contribution >= 0.6 is 22.9 Å². The van der Waals surface area contributed by atoms with Crippen molar-refractivity contribution >= 4 is 51.5 Å². The first-order chi connectivity index (χ1) is 14.0. The summed E-state index contributed by atoms with van der Waals surface area (Å²) in [6, 6.07) is 6.32. The van der Waals surface area contributed by atoms with Crippen LogP contribution in [-0.2, 0) is 17.8 Å². The van der Waals surface area contributed by atoms with E-state index in [4.69, 9.17) is 27.2 Å². The van der Waals surface area contributed by atoms with Crippen LogP contribution in [0.3, 0.4) is 0 Å². The summed E-state index contributed by atoms with van der Waals surface area (Å²) in [6.45, 7) is 1.47. The minimum Gasteiger partial charge on any atom is -0.475 e. The Balaban J connectivity index is 0.000000396. The van der Waals surface area contributed by atoms with Crippen molar-refractivity contribution in [3.63, 3.8) is 0 Å². The summed E-state index contributed by atoms with van der Waals surface area (Å²) in [5.41, 5.74) is 7.44. The summed E-state index contributed by atoms with van der Waals surface area (Å²) in [7, 11) is 0. The van der Waals surface area contributed by atoms with Crippen LogP contribution in [0.1, 0.15) is 20.8 Å².